The van der Waals surface area contributed by atoms with Crippen LogP contribution in [0.15, 0.2) is 71.6 Å². The molecule has 0 unspecified atom stereocenters. The molecule has 0 aromatic heterocycles. The number of benzene rings is 3. The van der Waals surface area contributed by atoms with Gasteiger partial charge >= 0.3 is 5.97 Å². The van der Waals surface area contributed by atoms with Crippen molar-refractivity contribution in [3.63, 3.8) is 0 Å². The molecule has 0 radical (unpaired) electrons. The third-order valence-electron chi connectivity index (χ3n) is 5.44. The highest BCUT2D eigenvalue weighted by Crippen LogP contribution is 2.31. The molecule has 11 heteroatoms. The number of carbonyl (C=O) groups excluding carboxylic acids is 2. The second-order valence-corrected chi connectivity index (χ2v) is 10.4. The van der Waals surface area contributed by atoms with Crippen LogP contribution in [0.3, 0.4) is 0 Å². The molecule has 36 heavy (non-hydrogen) atoms. The van der Waals surface area contributed by atoms with E-state index in [0.717, 1.165) is 6.07 Å². The van der Waals surface area contributed by atoms with Crippen molar-refractivity contribution >= 4 is 56.4 Å². The third kappa shape index (κ3) is 6.17. The molecule has 1 N–H and O–H groups in total. The number of Topliss-reactive ketones (excluding diaryl/α,β-unsaturated/α-hetero) is 1. The first kappa shape index (κ1) is 26.0. The molecule has 3 aromatic rings. The Kier molecular flexibility index (Phi) is 8.15. The topological polar surface area (TPSA) is 102 Å². The highest BCUT2D eigenvalue weighted by Gasteiger charge is 2.24. The van der Waals surface area contributed by atoms with Crippen molar-refractivity contribution in [1.29, 1.82) is 0 Å². The van der Waals surface area contributed by atoms with Gasteiger partial charge in [0.15, 0.2) is 12.4 Å². The second kappa shape index (κ2) is 11.3. The van der Waals surface area contributed by atoms with Crippen molar-refractivity contribution in [3.05, 3.63) is 87.9 Å². The Labute approximate surface area is 218 Å². The molecule has 1 heterocycles. The van der Waals surface area contributed by atoms with Gasteiger partial charge in [-0.05, 0) is 42.5 Å². The number of para-hydroxylation sites is 2. The summed E-state index contributed by atoms with van der Waals surface area (Å²) >= 11 is 12.1. The number of morpholine rings is 1. The molecule has 0 atom stereocenters. The number of halogens is 2. The number of hydrogen-bond acceptors (Lipinski definition) is 7. The van der Waals surface area contributed by atoms with Gasteiger partial charge in [-0.3, -0.25) is 9.52 Å². The lowest BCUT2D eigenvalue weighted by Gasteiger charge is -2.30. The van der Waals surface area contributed by atoms with Crippen molar-refractivity contribution in [1.82, 2.24) is 0 Å². The number of nitrogens with one attached hydrogen (secondary N) is 1. The molecule has 4 rings (SSSR count). The average Bonchev–Trinajstić information content (AvgIpc) is 2.88. The monoisotopic (exact) mass is 548 g/mol. The lowest BCUT2D eigenvalue weighted by atomic mass is 10.1. The van der Waals surface area contributed by atoms with Crippen molar-refractivity contribution in [2.24, 2.45) is 0 Å². The van der Waals surface area contributed by atoms with Crippen LogP contribution in [-0.4, -0.2) is 53.1 Å². The molecule has 0 amide bonds. The molecule has 188 valence electrons. The highest BCUT2D eigenvalue weighted by molar-refractivity contribution is 7.92. The average molecular weight is 549 g/mol. The number of carbonyl (C=O) groups is 2. The summed E-state index contributed by atoms with van der Waals surface area (Å²) in [4.78, 5) is 26.6. The SMILES string of the molecule is O=C(COC(=O)c1ccc(Cl)c(S(=O)(=O)Nc2ccccc2N2CCOCC2)c1)c1cccc(Cl)c1. The fourth-order valence-corrected chi connectivity index (χ4v) is 5.43. The van der Waals surface area contributed by atoms with Crippen LogP contribution in [0.1, 0.15) is 20.7 Å². The number of nitrogens with zero attached hydrogens (tertiary/aromatic N) is 1. The first-order valence-electron chi connectivity index (χ1n) is 10.9. The number of sulfonamides is 1. The molecular formula is C25H22Cl2N2O6S. The van der Waals surface area contributed by atoms with E-state index in [1.165, 1.54) is 18.2 Å². The molecule has 0 bridgehead atoms. The van der Waals surface area contributed by atoms with Crippen LogP contribution in [0.2, 0.25) is 10.0 Å². The maximum atomic E-state index is 13.3. The van der Waals surface area contributed by atoms with E-state index in [2.05, 4.69) is 4.72 Å². The Morgan fingerprint density at radius 3 is 2.44 bits per heavy atom. The summed E-state index contributed by atoms with van der Waals surface area (Å²) in [5, 5.41) is 0.306. The quantitative estimate of drug-likeness (QED) is 0.322. The fraction of sp³-hybridized carbons (Fsp3) is 0.200. The molecular weight excluding hydrogens is 527 g/mol. The van der Waals surface area contributed by atoms with E-state index in [-0.39, 0.29) is 21.0 Å². The maximum Gasteiger partial charge on any atom is 0.338 e. The zero-order valence-electron chi connectivity index (χ0n) is 18.9. The number of ether oxygens (including phenoxy) is 2. The Balaban J connectivity index is 1.51. The van der Waals surface area contributed by atoms with E-state index >= 15 is 0 Å². The number of ketones is 1. The number of anilines is 2. The zero-order valence-corrected chi connectivity index (χ0v) is 21.3. The van der Waals surface area contributed by atoms with Crippen LogP contribution in [-0.2, 0) is 19.5 Å². The van der Waals surface area contributed by atoms with E-state index in [0.29, 0.717) is 42.7 Å². The van der Waals surface area contributed by atoms with Gasteiger partial charge in [-0.15, -0.1) is 0 Å². The lowest BCUT2D eigenvalue weighted by Crippen LogP contribution is -2.36. The molecule has 0 saturated carbocycles. The summed E-state index contributed by atoms with van der Waals surface area (Å²) in [7, 11) is -4.17. The number of esters is 1. The van der Waals surface area contributed by atoms with Gasteiger partial charge in [0.25, 0.3) is 10.0 Å². The summed E-state index contributed by atoms with van der Waals surface area (Å²) in [6.07, 6.45) is 0. The third-order valence-corrected chi connectivity index (χ3v) is 7.52. The smallest absolute Gasteiger partial charge is 0.338 e. The van der Waals surface area contributed by atoms with Crippen molar-refractivity contribution in [3.8, 4) is 0 Å². The van der Waals surface area contributed by atoms with Gasteiger partial charge in [-0.1, -0.05) is 47.5 Å². The summed E-state index contributed by atoms with van der Waals surface area (Å²) < 4.78 is 39.6. The second-order valence-electron chi connectivity index (χ2n) is 7.88. The molecule has 0 spiro atoms. The van der Waals surface area contributed by atoms with Crippen LogP contribution in [0.25, 0.3) is 0 Å². The Morgan fingerprint density at radius 2 is 1.69 bits per heavy atom. The largest absolute Gasteiger partial charge is 0.454 e. The summed E-state index contributed by atoms with van der Waals surface area (Å²) in [5.41, 5.74) is 1.30. The van der Waals surface area contributed by atoms with Gasteiger partial charge in [0.05, 0.1) is 35.2 Å². The van der Waals surface area contributed by atoms with Crippen molar-refractivity contribution in [2.45, 2.75) is 4.90 Å². The van der Waals surface area contributed by atoms with Crippen LogP contribution >= 0.6 is 23.2 Å². The predicted octanol–water partition coefficient (Wildman–Crippen LogP) is 4.67. The first-order chi connectivity index (χ1) is 17.2. The van der Waals surface area contributed by atoms with Gasteiger partial charge in [0.2, 0.25) is 0 Å². The summed E-state index contributed by atoms with van der Waals surface area (Å²) in [5.74, 6) is -1.32. The molecule has 8 nitrogen and oxygen atoms in total. The Hall–Kier alpha value is -3.11. The molecule has 3 aromatic carbocycles. The number of hydrogen-bond donors (Lipinski definition) is 1. The summed E-state index contributed by atoms with van der Waals surface area (Å²) in [6.45, 7) is 1.78. The molecule has 0 aliphatic carbocycles. The van der Waals surface area contributed by atoms with E-state index in [4.69, 9.17) is 32.7 Å². The zero-order chi connectivity index (χ0) is 25.7. The van der Waals surface area contributed by atoms with Crippen molar-refractivity contribution < 1.29 is 27.5 Å². The molecule has 1 aliphatic rings. The van der Waals surface area contributed by atoms with Crippen LogP contribution in [0, 0.1) is 0 Å². The molecule has 1 aliphatic heterocycles. The Bertz CT molecular complexity index is 1390. The molecule has 1 fully saturated rings. The van der Waals surface area contributed by atoms with E-state index in [1.54, 1.807) is 30.3 Å². The van der Waals surface area contributed by atoms with Crippen LogP contribution < -0.4 is 9.62 Å². The van der Waals surface area contributed by atoms with Gasteiger partial charge in [0, 0.05) is 23.7 Å². The standard InChI is InChI=1S/C25H22Cl2N2O6S/c26-19-5-3-4-17(14-19)23(30)16-35-25(31)18-8-9-20(27)24(15-18)36(32,33)28-21-6-1-2-7-22(21)29-10-12-34-13-11-29/h1-9,14-15,28H,10-13,16H2. The van der Waals surface area contributed by atoms with Gasteiger partial charge in [-0.2, -0.15) is 0 Å². The Morgan fingerprint density at radius 1 is 0.944 bits per heavy atom. The van der Waals surface area contributed by atoms with Gasteiger partial charge in [0.1, 0.15) is 4.90 Å². The minimum absolute atomic E-state index is 0.0693. The summed E-state index contributed by atoms with van der Waals surface area (Å²) in [6, 6.07) is 17.0. The van der Waals surface area contributed by atoms with Crippen molar-refractivity contribution in [2.75, 3.05) is 42.5 Å². The normalized spacial score (nSPS) is 13.8. The lowest BCUT2D eigenvalue weighted by molar-refractivity contribution is 0.0474. The highest BCUT2D eigenvalue weighted by atomic mass is 35.5. The van der Waals surface area contributed by atoms with Crippen LogP contribution in [0.5, 0.6) is 0 Å². The van der Waals surface area contributed by atoms with Gasteiger partial charge < -0.3 is 14.4 Å². The maximum absolute atomic E-state index is 13.3. The minimum Gasteiger partial charge on any atom is -0.454 e. The van der Waals surface area contributed by atoms with Crippen LogP contribution in [0.4, 0.5) is 11.4 Å². The number of rotatable bonds is 8. The first-order valence-corrected chi connectivity index (χ1v) is 13.2. The van der Waals surface area contributed by atoms with E-state index < -0.39 is 28.4 Å². The van der Waals surface area contributed by atoms with E-state index in [1.807, 2.05) is 17.0 Å². The fourth-order valence-electron chi connectivity index (χ4n) is 3.64. The predicted molar refractivity (Wildman–Crippen MR) is 138 cm³/mol. The van der Waals surface area contributed by atoms with E-state index in [9.17, 15) is 18.0 Å². The van der Waals surface area contributed by atoms with Gasteiger partial charge in [-0.25, -0.2) is 13.2 Å². The minimum atomic E-state index is -4.17. The molecule has 1 saturated heterocycles.